The van der Waals surface area contributed by atoms with Crippen LogP contribution in [-0.2, 0) is 4.74 Å². The van der Waals surface area contributed by atoms with Crippen molar-refractivity contribution in [3.05, 3.63) is 0 Å². The fraction of sp³-hybridized carbons (Fsp3) is 1.00. The van der Waals surface area contributed by atoms with Gasteiger partial charge in [0.15, 0.2) is 0 Å². The van der Waals surface area contributed by atoms with Gasteiger partial charge in [-0.1, -0.05) is 20.8 Å². The minimum absolute atomic E-state index is 0.116. The van der Waals surface area contributed by atoms with Crippen LogP contribution in [0.25, 0.3) is 0 Å². The molecule has 3 nitrogen and oxygen atoms in total. The lowest BCUT2D eigenvalue weighted by molar-refractivity contribution is -0.152. The predicted molar refractivity (Wildman–Crippen MR) is 129 cm³/mol. The van der Waals surface area contributed by atoms with Gasteiger partial charge >= 0.3 is 0 Å². The first kappa shape index (κ1) is 23.6. The Hall–Kier alpha value is -0.120. The lowest BCUT2D eigenvalue weighted by Crippen LogP contribution is -2.55. The number of fused-ring (bicyclic) bond motifs is 5. The van der Waals surface area contributed by atoms with Crippen molar-refractivity contribution in [1.82, 2.24) is 0 Å². The third-order valence-electron chi connectivity index (χ3n) is 12.2. The molecular weight excluding hydrogens is 396 g/mol. The summed E-state index contributed by atoms with van der Waals surface area (Å²) in [5.74, 6) is 4.73. The van der Waals surface area contributed by atoms with Crippen LogP contribution in [0.1, 0.15) is 111 Å². The van der Waals surface area contributed by atoms with E-state index >= 15 is 0 Å². The summed E-state index contributed by atoms with van der Waals surface area (Å²) in [6.07, 6.45) is 16.6. The summed E-state index contributed by atoms with van der Waals surface area (Å²) in [4.78, 5) is 0. The Balaban J connectivity index is 1.25. The first-order chi connectivity index (χ1) is 15.3. The number of rotatable bonds is 5. The molecule has 0 aromatic carbocycles. The van der Waals surface area contributed by atoms with E-state index in [4.69, 9.17) is 4.74 Å². The fourth-order valence-corrected chi connectivity index (χ4v) is 9.93. The third kappa shape index (κ3) is 4.01. The fourth-order valence-electron chi connectivity index (χ4n) is 9.93. The van der Waals surface area contributed by atoms with E-state index in [1.54, 1.807) is 0 Å². The van der Waals surface area contributed by atoms with Crippen molar-refractivity contribution in [2.75, 3.05) is 13.2 Å². The van der Waals surface area contributed by atoms with E-state index < -0.39 is 0 Å². The van der Waals surface area contributed by atoms with Crippen LogP contribution in [0.2, 0.25) is 0 Å². The van der Waals surface area contributed by atoms with E-state index in [0.717, 1.165) is 81.8 Å². The molecule has 4 aliphatic carbocycles. The molecule has 0 aromatic heterocycles. The number of hydrogen-bond acceptors (Lipinski definition) is 3. The van der Waals surface area contributed by atoms with Crippen molar-refractivity contribution in [2.24, 2.45) is 46.3 Å². The Morgan fingerprint density at radius 2 is 1.59 bits per heavy atom. The van der Waals surface area contributed by atoms with Crippen molar-refractivity contribution in [1.29, 1.82) is 0 Å². The molecule has 0 aromatic rings. The topological polar surface area (TPSA) is 49.7 Å². The normalized spacial score (nSPS) is 50.3. The predicted octanol–water partition coefficient (Wildman–Crippen LogP) is 6.35. The molecule has 0 bridgehead atoms. The smallest absolute Gasteiger partial charge is 0.0648 e. The highest BCUT2D eigenvalue weighted by Gasteiger charge is 2.61. The summed E-state index contributed by atoms with van der Waals surface area (Å²) >= 11 is 0. The van der Waals surface area contributed by atoms with E-state index in [-0.39, 0.29) is 11.7 Å². The summed E-state index contributed by atoms with van der Waals surface area (Å²) < 4.78 is 5.52. The Morgan fingerprint density at radius 1 is 0.844 bits per heavy atom. The van der Waals surface area contributed by atoms with E-state index in [2.05, 4.69) is 20.8 Å². The minimum atomic E-state index is -0.390. The monoisotopic (exact) mass is 446 g/mol. The van der Waals surface area contributed by atoms with Crippen LogP contribution in [0.4, 0.5) is 0 Å². The highest BCUT2D eigenvalue weighted by Crippen LogP contribution is 2.68. The molecule has 5 rings (SSSR count). The zero-order chi connectivity index (χ0) is 22.6. The van der Waals surface area contributed by atoms with Crippen LogP contribution in [0.5, 0.6) is 0 Å². The molecule has 1 aliphatic heterocycles. The first-order valence-electron chi connectivity index (χ1n) is 14.3. The van der Waals surface area contributed by atoms with Gasteiger partial charge in [-0.25, -0.2) is 0 Å². The summed E-state index contributed by atoms with van der Waals surface area (Å²) in [5, 5.41) is 22.0. The van der Waals surface area contributed by atoms with Crippen LogP contribution in [0.3, 0.4) is 0 Å². The minimum Gasteiger partial charge on any atom is -0.393 e. The van der Waals surface area contributed by atoms with Gasteiger partial charge in [0.25, 0.3) is 0 Å². The third-order valence-corrected chi connectivity index (χ3v) is 12.2. The molecule has 2 N–H and O–H groups in total. The second-order valence-electron chi connectivity index (χ2n) is 13.4. The maximum atomic E-state index is 11.0. The summed E-state index contributed by atoms with van der Waals surface area (Å²) in [6, 6.07) is 0. The highest BCUT2D eigenvalue weighted by atomic mass is 16.5. The summed E-state index contributed by atoms with van der Waals surface area (Å²) in [5.41, 5.74) is 0.505. The van der Waals surface area contributed by atoms with Gasteiger partial charge in [0, 0.05) is 13.2 Å². The van der Waals surface area contributed by atoms with Crippen LogP contribution >= 0.6 is 0 Å². The van der Waals surface area contributed by atoms with Crippen LogP contribution in [0, 0.1) is 46.3 Å². The van der Waals surface area contributed by atoms with E-state index in [1.807, 2.05) is 0 Å². The Labute approximate surface area is 197 Å². The maximum Gasteiger partial charge on any atom is 0.0648 e. The second-order valence-corrected chi connectivity index (χ2v) is 13.4. The van der Waals surface area contributed by atoms with Gasteiger partial charge in [-0.3, -0.25) is 0 Å². The Bertz CT molecular complexity index is 659. The average Bonchev–Trinajstić information content (AvgIpc) is 3.11. The first-order valence-corrected chi connectivity index (χ1v) is 14.3. The molecule has 184 valence electrons. The van der Waals surface area contributed by atoms with Crippen LogP contribution in [-0.4, -0.2) is 35.1 Å². The zero-order valence-corrected chi connectivity index (χ0v) is 21.2. The van der Waals surface area contributed by atoms with E-state index in [9.17, 15) is 10.2 Å². The SMILES string of the molecule is CC[C@]1(O)CCC2(C)C(CCC3C4CCC(CC(O)CC5CCOCC5)C4(C)CCC32)C1. The molecule has 5 fully saturated rings. The number of aliphatic hydroxyl groups excluding tert-OH is 1. The molecule has 0 amide bonds. The standard InChI is InChI=1S/C29H50O3/c1-4-29(31)14-13-28(3)22(19-29)5-7-24-25-8-6-21(27(25,2)12-9-26(24)28)18-23(30)17-20-10-15-32-16-11-20/h20-26,30-31H,4-19H2,1-3H3/t21?,22?,23?,24?,25?,26?,27?,28?,29-/m0/s1. The van der Waals surface area contributed by atoms with Gasteiger partial charge in [-0.2, -0.15) is 0 Å². The van der Waals surface area contributed by atoms with Crippen LogP contribution < -0.4 is 0 Å². The molecule has 4 saturated carbocycles. The summed E-state index contributed by atoms with van der Waals surface area (Å²) in [7, 11) is 0. The molecular formula is C29H50O3. The van der Waals surface area contributed by atoms with Crippen molar-refractivity contribution in [3.8, 4) is 0 Å². The molecule has 3 heteroatoms. The van der Waals surface area contributed by atoms with Crippen molar-refractivity contribution in [2.45, 2.75) is 122 Å². The molecule has 0 radical (unpaired) electrons. The lowest BCUT2D eigenvalue weighted by Gasteiger charge is -2.62. The highest BCUT2D eigenvalue weighted by molar-refractivity contribution is 5.10. The van der Waals surface area contributed by atoms with Gasteiger partial charge in [-0.05, 0) is 136 Å². The zero-order valence-electron chi connectivity index (χ0n) is 21.2. The maximum absolute atomic E-state index is 11.0. The van der Waals surface area contributed by atoms with Crippen molar-refractivity contribution in [3.63, 3.8) is 0 Å². The number of hydrogen-bond donors (Lipinski definition) is 2. The van der Waals surface area contributed by atoms with E-state index in [0.29, 0.717) is 22.7 Å². The lowest BCUT2D eigenvalue weighted by atomic mass is 9.43. The Morgan fingerprint density at radius 3 is 2.34 bits per heavy atom. The molecule has 1 saturated heterocycles. The quantitative estimate of drug-likeness (QED) is 0.517. The molecule has 32 heavy (non-hydrogen) atoms. The molecule has 5 aliphatic rings. The van der Waals surface area contributed by atoms with E-state index in [1.165, 1.54) is 44.9 Å². The Kier molecular flexibility index (Phi) is 6.52. The summed E-state index contributed by atoms with van der Waals surface area (Å²) in [6.45, 7) is 9.17. The number of ether oxygens (including phenoxy) is 1. The van der Waals surface area contributed by atoms with Gasteiger partial charge in [0.1, 0.15) is 0 Å². The van der Waals surface area contributed by atoms with Crippen LogP contribution in [0.15, 0.2) is 0 Å². The number of aliphatic hydroxyl groups is 2. The van der Waals surface area contributed by atoms with Crippen molar-refractivity contribution >= 4 is 0 Å². The van der Waals surface area contributed by atoms with Gasteiger partial charge < -0.3 is 14.9 Å². The van der Waals surface area contributed by atoms with Gasteiger partial charge in [0.2, 0.25) is 0 Å². The molecule has 8 unspecified atom stereocenters. The van der Waals surface area contributed by atoms with Crippen molar-refractivity contribution < 1.29 is 14.9 Å². The largest absolute Gasteiger partial charge is 0.393 e. The molecule has 1 heterocycles. The molecule has 9 atom stereocenters. The average molecular weight is 447 g/mol. The van der Waals surface area contributed by atoms with Gasteiger partial charge in [0.05, 0.1) is 11.7 Å². The molecule has 0 spiro atoms. The second kappa shape index (κ2) is 8.83. The van der Waals surface area contributed by atoms with Gasteiger partial charge in [-0.15, -0.1) is 0 Å².